The fourth-order valence-electron chi connectivity index (χ4n) is 5.85. The van der Waals surface area contributed by atoms with Crippen molar-refractivity contribution in [2.45, 2.75) is 57.7 Å². The number of likely N-dealkylation sites (N-methyl/N-ethyl adjacent to an activating group) is 1. The molecule has 0 bridgehead atoms. The van der Waals surface area contributed by atoms with Gasteiger partial charge in [-0.15, -0.1) is 0 Å². The van der Waals surface area contributed by atoms with Gasteiger partial charge in [0.25, 0.3) is 5.91 Å². The zero-order valence-corrected chi connectivity index (χ0v) is 24.1. The monoisotopic (exact) mass is 543 g/mol. The first kappa shape index (κ1) is 27.9. The lowest BCUT2D eigenvalue weighted by molar-refractivity contribution is 0.00429. The summed E-state index contributed by atoms with van der Waals surface area (Å²) in [5.41, 5.74) is 2.88. The topological polar surface area (TPSA) is 70.9 Å². The molecule has 2 atom stereocenters. The van der Waals surface area contributed by atoms with Crippen LogP contribution in [0.15, 0.2) is 67.0 Å². The van der Waals surface area contributed by atoms with Crippen LogP contribution in [-0.4, -0.2) is 87.7 Å². The van der Waals surface area contributed by atoms with Gasteiger partial charge in [0.15, 0.2) is 5.69 Å². The molecule has 1 unspecified atom stereocenters. The zero-order chi connectivity index (χ0) is 28.3. The Balaban J connectivity index is 1.47. The first-order valence-corrected chi connectivity index (χ1v) is 14.3. The molecule has 2 aliphatic heterocycles. The summed E-state index contributed by atoms with van der Waals surface area (Å²) in [5, 5.41) is 0. The van der Waals surface area contributed by atoms with Crippen LogP contribution in [0.5, 0.6) is 0 Å². The number of benzene rings is 2. The third kappa shape index (κ3) is 6.39. The second-order valence-electron chi connectivity index (χ2n) is 12.0. The lowest BCUT2D eigenvalue weighted by atomic mass is 10.0. The molecule has 0 aliphatic carbocycles. The van der Waals surface area contributed by atoms with Crippen molar-refractivity contribution in [2.24, 2.45) is 0 Å². The van der Waals surface area contributed by atoms with E-state index in [1.807, 2.05) is 68.4 Å². The Hall–Kier alpha value is -3.65. The largest absolute Gasteiger partial charge is 0.444 e. The summed E-state index contributed by atoms with van der Waals surface area (Å²) < 4.78 is 7.89. The Labute approximate surface area is 237 Å². The van der Waals surface area contributed by atoms with E-state index in [2.05, 4.69) is 40.8 Å². The van der Waals surface area contributed by atoms with Gasteiger partial charge >= 0.3 is 6.09 Å². The first-order valence-electron chi connectivity index (χ1n) is 14.3. The minimum absolute atomic E-state index is 0.0912. The number of hydrogen-bond donors (Lipinski definition) is 0. The van der Waals surface area contributed by atoms with Crippen LogP contribution in [0.2, 0.25) is 0 Å². The van der Waals surface area contributed by atoms with E-state index in [4.69, 9.17) is 9.72 Å². The van der Waals surface area contributed by atoms with Crippen LogP contribution in [0, 0.1) is 0 Å². The number of piperazine rings is 1. The van der Waals surface area contributed by atoms with Crippen LogP contribution in [0.1, 0.15) is 55.7 Å². The fourth-order valence-corrected chi connectivity index (χ4v) is 5.85. The van der Waals surface area contributed by atoms with E-state index >= 15 is 0 Å². The van der Waals surface area contributed by atoms with Crippen molar-refractivity contribution in [1.82, 2.24) is 24.3 Å². The number of amides is 2. The molecule has 0 spiro atoms. The van der Waals surface area contributed by atoms with Crippen molar-refractivity contribution >= 4 is 12.0 Å². The molecule has 0 radical (unpaired) electrons. The molecule has 8 nitrogen and oxygen atoms in total. The predicted octanol–water partition coefficient (Wildman–Crippen LogP) is 5.12. The van der Waals surface area contributed by atoms with Crippen molar-refractivity contribution in [3.63, 3.8) is 0 Å². The number of aromatic nitrogens is 2. The highest BCUT2D eigenvalue weighted by Gasteiger charge is 2.37. The van der Waals surface area contributed by atoms with Gasteiger partial charge in [-0.3, -0.25) is 4.79 Å². The number of rotatable bonds is 5. The Morgan fingerprint density at radius 3 is 2.33 bits per heavy atom. The highest BCUT2D eigenvalue weighted by molar-refractivity contribution is 5.98. The zero-order valence-electron chi connectivity index (χ0n) is 24.1. The molecule has 0 N–H and O–H groups in total. The number of likely N-dealkylation sites (tertiary alicyclic amines) is 1. The number of hydrogen-bond acceptors (Lipinski definition) is 5. The van der Waals surface area contributed by atoms with Gasteiger partial charge in [-0.05, 0) is 59.2 Å². The van der Waals surface area contributed by atoms with Gasteiger partial charge in [-0.2, -0.15) is 0 Å². The quantitative estimate of drug-likeness (QED) is 0.447. The maximum absolute atomic E-state index is 14.4. The van der Waals surface area contributed by atoms with Crippen LogP contribution in [-0.2, 0) is 11.2 Å². The van der Waals surface area contributed by atoms with Crippen LogP contribution in [0.25, 0.3) is 11.3 Å². The Kier molecular flexibility index (Phi) is 8.26. The molecule has 3 aromatic rings. The molecule has 0 saturated carbocycles. The molecule has 1 aromatic heterocycles. The van der Waals surface area contributed by atoms with Crippen molar-refractivity contribution < 1.29 is 14.3 Å². The lowest BCUT2D eigenvalue weighted by Gasteiger charge is -2.41. The third-order valence-corrected chi connectivity index (χ3v) is 7.75. The van der Waals surface area contributed by atoms with Gasteiger partial charge < -0.3 is 24.0 Å². The molecule has 2 aliphatic rings. The van der Waals surface area contributed by atoms with E-state index in [0.29, 0.717) is 31.7 Å². The van der Waals surface area contributed by atoms with Crippen molar-refractivity contribution in [1.29, 1.82) is 0 Å². The van der Waals surface area contributed by atoms with E-state index in [1.54, 1.807) is 4.90 Å². The van der Waals surface area contributed by atoms with Gasteiger partial charge in [0.05, 0.1) is 18.1 Å². The highest BCUT2D eigenvalue weighted by atomic mass is 16.6. The van der Waals surface area contributed by atoms with Gasteiger partial charge in [0.1, 0.15) is 5.60 Å². The molecule has 5 rings (SSSR count). The number of imidazole rings is 1. The molecular weight excluding hydrogens is 502 g/mol. The Morgan fingerprint density at radius 2 is 1.65 bits per heavy atom. The van der Waals surface area contributed by atoms with Gasteiger partial charge in [-0.25, -0.2) is 9.78 Å². The van der Waals surface area contributed by atoms with Crippen LogP contribution < -0.4 is 0 Å². The van der Waals surface area contributed by atoms with Crippen LogP contribution in [0.3, 0.4) is 0 Å². The average molecular weight is 544 g/mol. The maximum Gasteiger partial charge on any atom is 0.410 e. The Bertz CT molecular complexity index is 1300. The fraction of sp³-hybridized carbons (Fsp3) is 0.469. The molecule has 2 amide bonds. The van der Waals surface area contributed by atoms with Crippen LogP contribution in [0.4, 0.5) is 4.79 Å². The minimum atomic E-state index is -0.580. The second kappa shape index (κ2) is 11.8. The lowest BCUT2D eigenvalue weighted by Crippen LogP contribution is -2.58. The molecule has 3 heterocycles. The van der Waals surface area contributed by atoms with E-state index in [-0.39, 0.29) is 24.1 Å². The van der Waals surface area contributed by atoms with Crippen molar-refractivity contribution in [2.75, 3.05) is 39.8 Å². The predicted molar refractivity (Wildman–Crippen MR) is 156 cm³/mol. The van der Waals surface area contributed by atoms with E-state index in [0.717, 1.165) is 42.8 Å². The summed E-state index contributed by atoms with van der Waals surface area (Å²) in [5.74, 6) is -0.0912. The molecule has 2 saturated heterocycles. The van der Waals surface area contributed by atoms with E-state index < -0.39 is 5.60 Å². The average Bonchev–Trinajstić information content (AvgIpc) is 3.38. The minimum Gasteiger partial charge on any atom is -0.444 e. The van der Waals surface area contributed by atoms with E-state index in [9.17, 15) is 9.59 Å². The molecular formula is C32H41N5O3. The van der Waals surface area contributed by atoms with Crippen LogP contribution >= 0.6 is 0 Å². The van der Waals surface area contributed by atoms with Crippen molar-refractivity contribution in [3.8, 4) is 11.3 Å². The SMILES string of the molecule is CN1CCCC(n2cnc(C(=O)N3CCN(C(=O)OC(C)(C)C)C[C@H]3Cc3ccccc3)c2-c2ccccc2)C1. The summed E-state index contributed by atoms with van der Waals surface area (Å²) >= 11 is 0. The van der Waals surface area contributed by atoms with Gasteiger partial charge in [0, 0.05) is 37.8 Å². The summed E-state index contributed by atoms with van der Waals surface area (Å²) in [6.45, 7) is 8.87. The van der Waals surface area contributed by atoms with E-state index in [1.165, 1.54) is 0 Å². The smallest absolute Gasteiger partial charge is 0.410 e. The maximum atomic E-state index is 14.4. The summed E-state index contributed by atoms with van der Waals surface area (Å²) in [7, 11) is 2.15. The number of carbonyl (C=O) groups excluding carboxylic acids is 2. The number of ether oxygens (including phenoxy) is 1. The molecule has 212 valence electrons. The number of nitrogens with zero attached hydrogens (tertiary/aromatic N) is 5. The molecule has 40 heavy (non-hydrogen) atoms. The molecule has 2 aromatic carbocycles. The standard InChI is InChI=1S/C32H41N5O3/c1-32(2,3)40-31(39)35-18-19-36(27(22-35)20-24-12-7-5-8-13-24)30(38)28-29(25-14-9-6-10-15-25)37(23-33-28)26-16-11-17-34(4)21-26/h5-10,12-15,23,26-27H,11,16-22H2,1-4H3/t26?,27-/m1/s1. The summed E-state index contributed by atoms with van der Waals surface area (Å²) in [6, 6.07) is 20.3. The summed E-state index contributed by atoms with van der Waals surface area (Å²) in [6.07, 6.45) is 4.32. The number of carbonyl (C=O) groups is 2. The normalized spacial score (nSPS) is 20.4. The Morgan fingerprint density at radius 1 is 0.950 bits per heavy atom. The number of piperidine rings is 1. The molecule has 2 fully saturated rings. The summed E-state index contributed by atoms with van der Waals surface area (Å²) in [4.78, 5) is 38.1. The highest BCUT2D eigenvalue weighted by Crippen LogP contribution is 2.32. The first-order chi connectivity index (χ1) is 19.2. The second-order valence-corrected chi connectivity index (χ2v) is 12.0. The third-order valence-electron chi connectivity index (χ3n) is 7.75. The molecule has 8 heteroatoms. The van der Waals surface area contributed by atoms with Crippen molar-refractivity contribution in [3.05, 3.63) is 78.2 Å². The van der Waals surface area contributed by atoms with Gasteiger partial charge in [0.2, 0.25) is 0 Å². The van der Waals surface area contributed by atoms with Gasteiger partial charge in [-0.1, -0.05) is 60.7 Å².